The van der Waals surface area contributed by atoms with Crippen LogP contribution in [0.3, 0.4) is 0 Å². The molecule has 130 valence electrons. The molecular weight excluding hydrogens is 378 g/mol. The van der Waals surface area contributed by atoms with E-state index in [0.29, 0.717) is 12.2 Å². The molecule has 0 atom stereocenters. The van der Waals surface area contributed by atoms with E-state index in [0.717, 1.165) is 16.2 Å². The van der Waals surface area contributed by atoms with Gasteiger partial charge in [-0.2, -0.15) is 0 Å². The van der Waals surface area contributed by atoms with Crippen molar-refractivity contribution in [2.45, 2.75) is 17.9 Å². The molecule has 0 saturated carbocycles. The molecule has 0 unspecified atom stereocenters. The third-order valence-corrected chi connectivity index (χ3v) is 6.38. The van der Waals surface area contributed by atoms with Gasteiger partial charge >= 0.3 is 0 Å². The van der Waals surface area contributed by atoms with Crippen LogP contribution >= 0.6 is 22.7 Å². The van der Waals surface area contributed by atoms with E-state index in [1.807, 2.05) is 17.5 Å². The summed E-state index contributed by atoms with van der Waals surface area (Å²) in [5.74, 6) is -0.156. The number of thiophene rings is 1. The van der Waals surface area contributed by atoms with Crippen molar-refractivity contribution in [2.75, 3.05) is 4.72 Å². The fourth-order valence-electron chi connectivity index (χ4n) is 2.03. The molecule has 0 saturated heterocycles. The second-order valence-electron chi connectivity index (χ2n) is 5.10. The molecule has 2 heterocycles. The van der Waals surface area contributed by atoms with E-state index in [2.05, 4.69) is 15.0 Å². The number of sulfonamides is 1. The highest BCUT2D eigenvalue weighted by atomic mass is 32.2. The predicted octanol–water partition coefficient (Wildman–Crippen LogP) is 2.86. The Bertz CT molecular complexity index is 935. The van der Waals surface area contributed by atoms with Crippen molar-refractivity contribution in [3.63, 3.8) is 0 Å². The minimum atomic E-state index is -3.67. The van der Waals surface area contributed by atoms with Crippen LogP contribution in [0.1, 0.15) is 10.6 Å². The van der Waals surface area contributed by atoms with Gasteiger partial charge in [0.15, 0.2) is 5.13 Å². The second kappa shape index (κ2) is 7.77. The fourth-order valence-corrected chi connectivity index (χ4v) is 4.66. The second-order valence-corrected chi connectivity index (χ2v) is 8.67. The molecule has 0 bridgehead atoms. The number of hydrogen-bond donors (Lipinski definition) is 2. The number of carbonyl (C=O) groups excluding carboxylic acids is 1. The normalized spacial score (nSPS) is 11.2. The summed E-state index contributed by atoms with van der Waals surface area (Å²) < 4.78 is 26.9. The van der Waals surface area contributed by atoms with E-state index in [4.69, 9.17) is 0 Å². The Morgan fingerprint density at radius 1 is 1.08 bits per heavy atom. The van der Waals surface area contributed by atoms with E-state index in [1.54, 1.807) is 34.9 Å². The predicted molar refractivity (Wildman–Crippen MR) is 99.2 cm³/mol. The summed E-state index contributed by atoms with van der Waals surface area (Å²) in [6.45, 7) is 0.480. The number of thiazole rings is 1. The smallest absolute Gasteiger partial charge is 0.263 e. The first-order valence-electron chi connectivity index (χ1n) is 7.34. The number of amides is 1. The molecule has 0 radical (unpaired) electrons. The minimum Gasteiger partial charge on any atom is -0.351 e. The van der Waals surface area contributed by atoms with Crippen LogP contribution in [0.2, 0.25) is 0 Å². The summed E-state index contributed by atoms with van der Waals surface area (Å²) in [6.07, 6.45) is 0.106. The molecule has 6 nitrogen and oxygen atoms in total. The number of anilines is 1. The Labute approximate surface area is 153 Å². The topological polar surface area (TPSA) is 88.2 Å². The molecule has 3 rings (SSSR count). The van der Waals surface area contributed by atoms with Crippen LogP contribution < -0.4 is 10.0 Å². The van der Waals surface area contributed by atoms with Crippen LogP contribution in [-0.4, -0.2) is 19.3 Å². The van der Waals surface area contributed by atoms with Gasteiger partial charge in [-0.3, -0.25) is 9.52 Å². The van der Waals surface area contributed by atoms with Gasteiger partial charge in [0, 0.05) is 10.3 Å². The molecule has 2 N–H and O–H groups in total. The zero-order valence-electron chi connectivity index (χ0n) is 13.0. The van der Waals surface area contributed by atoms with Gasteiger partial charge in [-0.15, -0.1) is 22.7 Å². The first-order chi connectivity index (χ1) is 12.0. The summed E-state index contributed by atoms with van der Waals surface area (Å²) in [6, 6.07) is 11.9. The van der Waals surface area contributed by atoms with Gasteiger partial charge in [0.1, 0.15) is 0 Å². The van der Waals surface area contributed by atoms with Crippen molar-refractivity contribution >= 4 is 43.7 Å². The Morgan fingerprint density at radius 2 is 1.88 bits per heavy atom. The highest BCUT2D eigenvalue weighted by Gasteiger charge is 2.16. The molecule has 9 heteroatoms. The zero-order valence-corrected chi connectivity index (χ0v) is 15.5. The number of nitrogens with one attached hydrogen (secondary N) is 2. The molecule has 3 aromatic rings. The number of aromatic nitrogens is 1. The van der Waals surface area contributed by atoms with Gasteiger partial charge in [-0.25, -0.2) is 13.4 Å². The average Bonchev–Trinajstić information content (AvgIpc) is 3.25. The van der Waals surface area contributed by atoms with Crippen LogP contribution in [0.5, 0.6) is 0 Å². The van der Waals surface area contributed by atoms with Crippen LogP contribution in [0.4, 0.5) is 5.13 Å². The van der Waals surface area contributed by atoms with E-state index < -0.39 is 10.0 Å². The lowest BCUT2D eigenvalue weighted by Gasteiger charge is -2.04. The highest BCUT2D eigenvalue weighted by molar-refractivity contribution is 7.93. The zero-order chi connectivity index (χ0) is 17.7. The number of carbonyl (C=O) groups is 1. The molecule has 0 spiro atoms. The Morgan fingerprint density at radius 3 is 2.60 bits per heavy atom. The molecule has 1 amide bonds. The number of rotatable bonds is 7. The standard InChI is InChI=1S/C16H15N3O3S3/c20-15(17-10-13-5-4-8-23-13)9-12-11-24-16(18-12)19-25(21,22)14-6-2-1-3-7-14/h1-8,11H,9-10H2,(H,17,20)(H,18,19). The molecule has 25 heavy (non-hydrogen) atoms. The van der Waals surface area contributed by atoms with Gasteiger partial charge in [-0.1, -0.05) is 24.3 Å². The number of nitrogens with zero attached hydrogens (tertiary/aromatic N) is 1. The third-order valence-electron chi connectivity index (χ3n) is 3.21. The summed E-state index contributed by atoms with van der Waals surface area (Å²) >= 11 is 2.72. The van der Waals surface area contributed by atoms with Gasteiger partial charge in [0.2, 0.25) is 5.91 Å². The van der Waals surface area contributed by atoms with Crippen molar-refractivity contribution in [2.24, 2.45) is 0 Å². The monoisotopic (exact) mass is 393 g/mol. The van der Waals surface area contributed by atoms with Crippen LogP contribution in [0.15, 0.2) is 58.1 Å². The molecule has 0 fully saturated rings. The minimum absolute atomic E-state index is 0.106. The van der Waals surface area contributed by atoms with Crippen molar-refractivity contribution in [3.05, 3.63) is 63.8 Å². The van der Waals surface area contributed by atoms with Crippen LogP contribution in [-0.2, 0) is 27.8 Å². The van der Waals surface area contributed by atoms with Crippen molar-refractivity contribution < 1.29 is 13.2 Å². The summed E-state index contributed by atoms with van der Waals surface area (Å²) in [7, 11) is -3.67. The van der Waals surface area contributed by atoms with Gasteiger partial charge in [0.05, 0.1) is 23.6 Å². The lowest BCUT2D eigenvalue weighted by molar-refractivity contribution is -0.120. The molecule has 0 aliphatic carbocycles. The molecule has 0 aliphatic rings. The van der Waals surface area contributed by atoms with Crippen molar-refractivity contribution in [3.8, 4) is 0 Å². The largest absolute Gasteiger partial charge is 0.351 e. The number of hydrogen-bond acceptors (Lipinski definition) is 6. The van der Waals surface area contributed by atoms with E-state index in [-0.39, 0.29) is 22.4 Å². The van der Waals surface area contributed by atoms with Crippen LogP contribution in [0.25, 0.3) is 0 Å². The first-order valence-corrected chi connectivity index (χ1v) is 10.6. The summed E-state index contributed by atoms with van der Waals surface area (Å²) in [5.41, 5.74) is 0.527. The van der Waals surface area contributed by atoms with Crippen LogP contribution in [0, 0.1) is 0 Å². The summed E-state index contributed by atoms with van der Waals surface area (Å²) in [5, 5.41) is 6.68. The molecule has 0 aliphatic heterocycles. The Kier molecular flexibility index (Phi) is 5.47. The van der Waals surface area contributed by atoms with E-state index in [9.17, 15) is 13.2 Å². The Balaban J connectivity index is 1.58. The maximum atomic E-state index is 12.2. The van der Waals surface area contributed by atoms with Gasteiger partial charge < -0.3 is 5.32 Å². The van der Waals surface area contributed by atoms with Crippen molar-refractivity contribution in [1.82, 2.24) is 10.3 Å². The van der Waals surface area contributed by atoms with Gasteiger partial charge in [-0.05, 0) is 23.6 Å². The molecule has 2 aromatic heterocycles. The summed E-state index contributed by atoms with van der Waals surface area (Å²) in [4.78, 5) is 17.4. The average molecular weight is 394 g/mol. The Hall–Kier alpha value is -2.23. The van der Waals surface area contributed by atoms with E-state index >= 15 is 0 Å². The lowest BCUT2D eigenvalue weighted by Crippen LogP contribution is -2.24. The SMILES string of the molecule is O=C(Cc1csc(NS(=O)(=O)c2ccccc2)n1)NCc1cccs1. The highest BCUT2D eigenvalue weighted by Crippen LogP contribution is 2.20. The fraction of sp³-hybridized carbons (Fsp3) is 0.125. The quantitative estimate of drug-likeness (QED) is 0.646. The molecular formula is C16H15N3O3S3. The lowest BCUT2D eigenvalue weighted by atomic mass is 10.3. The maximum Gasteiger partial charge on any atom is 0.263 e. The number of benzene rings is 1. The first kappa shape index (κ1) is 17.6. The maximum absolute atomic E-state index is 12.2. The third kappa shape index (κ3) is 4.88. The molecule has 1 aromatic carbocycles. The van der Waals surface area contributed by atoms with Crippen molar-refractivity contribution in [1.29, 1.82) is 0 Å². The van der Waals surface area contributed by atoms with Gasteiger partial charge in [0.25, 0.3) is 10.0 Å². The van der Waals surface area contributed by atoms with E-state index in [1.165, 1.54) is 12.1 Å².